The SMILES string of the molecule is Cl.O=C(Cc1cccc(I)c1)N1CCC2CCC(C1)N2. The van der Waals surface area contributed by atoms with E-state index in [1.54, 1.807) is 0 Å². The van der Waals surface area contributed by atoms with Crippen LogP contribution >= 0.6 is 35.0 Å². The van der Waals surface area contributed by atoms with E-state index in [1.165, 1.54) is 16.4 Å². The van der Waals surface area contributed by atoms with Gasteiger partial charge in [0.25, 0.3) is 0 Å². The number of nitrogens with zero attached hydrogens (tertiary/aromatic N) is 1. The van der Waals surface area contributed by atoms with Crippen LogP contribution in [-0.4, -0.2) is 36.0 Å². The summed E-state index contributed by atoms with van der Waals surface area (Å²) in [7, 11) is 0. The summed E-state index contributed by atoms with van der Waals surface area (Å²) in [6, 6.07) is 9.38. The zero-order valence-electron chi connectivity index (χ0n) is 11.3. The maximum Gasteiger partial charge on any atom is 0.227 e. The second-order valence-corrected chi connectivity index (χ2v) is 6.82. The highest BCUT2D eigenvalue weighted by atomic mass is 127. The molecule has 0 aromatic heterocycles. The highest BCUT2D eigenvalue weighted by Gasteiger charge is 2.30. The van der Waals surface area contributed by atoms with Crippen molar-refractivity contribution in [2.24, 2.45) is 0 Å². The van der Waals surface area contributed by atoms with Gasteiger partial charge >= 0.3 is 0 Å². The van der Waals surface area contributed by atoms with Crippen LogP contribution < -0.4 is 5.32 Å². The molecule has 2 unspecified atom stereocenters. The molecule has 2 aliphatic heterocycles. The number of benzene rings is 1. The molecule has 20 heavy (non-hydrogen) atoms. The Labute approximate surface area is 140 Å². The van der Waals surface area contributed by atoms with Crippen molar-refractivity contribution in [3.63, 3.8) is 0 Å². The van der Waals surface area contributed by atoms with Crippen LogP contribution in [-0.2, 0) is 11.2 Å². The lowest BCUT2D eigenvalue weighted by Crippen LogP contribution is -2.39. The normalized spacial score (nSPS) is 24.9. The molecule has 3 nitrogen and oxygen atoms in total. The molecule has 1 amide bonds. The predicted molar refractivity (Wildman–Crippen MR) is 91.3 cm³/mol. The molecule has 2 aliphatic rings. The average molecular weight is 407 g/mol. The lowest BCUT2D eigenvalue weighted by molar-refractivity contribution is -0.130. The van der Waals surface area contributed by atoms with Gasteiger partial charge in [-0.1, -0.05) is 12.1 Å². The zero-order chi connectivity index (χ0) is 13.2. The number of amides is 1. The lowest BCUT2D eigenvalue weighted by Gasteiger charge is -2.24. The summed E-state index contributed by atoms with van der Waals surface area (Å²) in [6.07, 6.45) is 4.14. The molecule has 1 aromatic carbocycles. The minimum absolute atomic E-state index is 0. The van der Waals surface area contributed by atoms with Gasteiger partial charge in [0.1, 0.15) is 0 Å². The number of hydrogen-bond acceptors (Lipinski definition) is 2. The molecule has 5 heteroatoms. The van der Waals surface area contributed by atoms with Gasteiger partial charge in [0.15, 0.2) is 0 Å². The largest absolute Gasteiger partial charge is 0.341 e. The van der Waals surface area contributed by atoms with Crippen molar-refractivity contribution in [1.82, 2.24) is 10.2 Å². The molecule has 110 valence electrons. The van der Waals surface area contributed by atoms with Crippen molar-refractivity contribution >= 4 is 40.9 Å². The minimum atomic E-state index is 0. The van der Waals surface area contributed by atoms with Gasteiger partial charge in [0, 0.05) is 28.7 Å². The molecule has 0 aliphatic carbocycles. The summed E-state index contributed by atoms with van der Waals surface area (Å²) < 4.78 is 1.19. The maximum atomic E-state index is 12.4. The van der Waals surface area contributed by atoms with Crippen molar-refractivity contribution in [1.29, 1.82) is 0 Å². The van der Waals surface area contributed by atoms with Crippen LogP contribution in [0, 0.1) is 3.57 Å². The van der Waals surface area contributed by atoms with Crippen LogP contribution in [0.5, 0.6) is 0 Å². The molecule has 2 saturated heterocycles. The summed E-state index contributed by atoms with van der Waals surface area (Å²) in [5, 5.41) is 3.62. The zero-order valence-corrected chi connectivity index (χ0v) is 14.3. The van der Waals surface area contributed by atoms with E-state index in [0.717, 1.165) is 25.1 Å². The van der Waals surface area contributed by atoms with E-state index in [4.69, 9.17) is 0 Å². The fourth-order valence-electron chi connectivity index (χ4n) is 3.10. The third-order valence-electron chi connectivity index (χ3n) is 4.12. The Morgan fingerprint density at radius 3 is 2.90 bits per heavy atom. The van der Waals surface area contributed by atoms with E-state index >= 15 is 0 Å². The number of nitrogens with one attached hydrogen (secondary N) is 1. The number of halogens is 2. The van der Waals surface area contributed by atoms with Gasteiger partial charge in [-0.2, -0.15) is 0 Å². The highest BCUT2D eigenvalue weighted by molar-refractivity contribution is 14.1. The standard InChI is InChI=1S/C15H19IN2O.ClH/c16-12-3-1-2-11(8-12)9-15(19)18-7-6-13-4-5-14(10-18)17-13;/h1-3,8,13-14,17H,4-7,9-10H2;1H. The summed E-state index contributed by atoms with van der Waals surface area (Å²) in [4.78, 5) is 14.5. The van der Waals surface area contributed by atoms with E-state index in [1.807, 2.05) is 12.1 Å². The van der Waals surface area contributed by atoms with Gasteiger partial charge in [-0.05, 0) is 59.5 Å². The number of fused-ring (bicyclic) bond motifs is 2. The molecule has 0 saturated carbocycles. The van der Waals surface area contributed by atoms with Crippen molar-refractivity contribution in [3.05, 3.63) is 33.4 Å². The quantitative estimate of drug-likeness (QED) is 0.766. The van der Waals surface area contributed by atoms with Crippen molar-refractivity contribution < 1.29 is 4.79 Å². The third kappa shape index (κ3) is 3.86. The summed E-state index contributed by atoms with van der Waals surface area (Å²) in [5.74, 6) is 0.274. The molecule has 2 fully saturated rings. The van der Waals surface area contributed by atoms with Crippen molar-refractivity contribution in [2.75, 3.05) is 13.1 Å². The Morgan fingerprint density at radius 1 is 1.30 bits per heavy atom. The van der Waals surface area contributed by atoms with Crippen LogP contribution in [0.2, 0.25) is 0 Å². The van der Waals surface area contributed by atoms with Crippen LogP contribution in [0.15, 0.2) is 24.3 Å². The summed E-state index contributed by atoms with van der Waals surface area (Å²) >= 11 is 2.29. The molecule has 2 atom stereocenters. The predicted octanol–water partition coefficient (Wildman–Crippen LogP) is 2.61. The van der Waals surface area contributed by atoms with Crippen LogP contribution in [0.4, 0.5) is 0 Å². The first-order chi connectivity index (χ1) is 9.20. The molecule has 2 heterocycles. The molecule has 1 aromatic rings. The molecule has 0 spiro atoms. The number of carbonyl (C=O) groups is 1. The lowest BCUT2D eigenvalue weighted by atomic mass is 10.1. The first-order valence-corrected chi connectivity index (χ1v) is 8.07. The topological polar surface area (TPSA) is 32.3 Å². The van der Waals surface area contributed by atoms with E-state index in [0.29, 0.717) is 18.5 Å². The second-order valence-electron chi connectivity index (χ2n) is 5.57. The Kier molecular flexibility index (Phi) is 5.69. The second kappa shape index (κ2) is 7.09. The van der Waals surface area contributed by atoms with E-state index in [9.17, 15) is 4.79 Å². The summed E-state index contributed by atoms with van der Waals surface area (Å²) in [5.41, 5.74) is 1.12. The van der Waals surface area contributed by atoms with Gasteiger partial charge in [0.05, 0.1) is 6.42 Å². The van der Waals surface area contributed by atoms with Gasteiger partial charge in [0.2, 0.25) is 5.91 Å². The number of likely N-dealkylation sites (tertiary alicyclic amines) is 1. The van der Waals surface area contributed by atoms with Gasteiger partial charge in [-0.15, -0.1) is 12.4 Å². The van der Waals surface area contributed by atoms with E-state index in [2.05, 4.69) is 44.9 Å². The molecule has 0 radical (unpaired) electrons. The molecule has 2 bridgehead atoms. The van der Waals surface area contributed by atoms with Crippen LogP contribution in [0.25, 0.3) is 0 Å². The van der Waals surface area contributed by atoms with Gasteiger partial charge in [-0.3, -0.25) is 4.79 Å². The molecular weight excluding hydrogens is 387 g/mol. The fraction of sp³-hybridized carbons (Fsp3) is 0.533. The Hall–Kier alpha value is -0.330. The van der Waals surface area contributed by atoms with Gasteiger partial charge in [-0.25, -0.2) is 0 Å². The van der Waals surface area contributed by atoms with Crippen LogP contribution in [0.1, 0.15) is 24.8 Å². The number of rotatable bonds is 2. The molecule has 1 N–H and O–H groups in total. The fourth-order valence-corrected chi connectivity index (χ4v) is 3.71. The molecular formula is C15H20ClIN2O. The Bertz CT molecular complexity index is 483. The van der Waals surface area contributed by atoms with Crippen molar-refractivity contribution in [2.45, 2.75) is 37.8 Å². The average Bonchev–Trinajstić information content (AvgIpc) is 2.68. The summed E-state index contributed by atoms with van der Waals surface area (Å²) in [6.45, 7) is 1.80. The highest BCUT2D eigenvalue weighted by Crippen LogP contribution is 2.21. The Balaban J connectivity index is 0.00000147. The minimum Gasteiger partial charge on any atom is -0.341 e. The number of carbonyl (C=O) groups excluding carboxylic acids is 1. The monoisotopic (exact) mass is 406 g/mol. The Morgan fingerprint density at radius 2 is 2.10 bits per heavy atom. The molecule has 3 rings (SSSR count). The van der Waals surface area contributed by atoms with Crippen molar-refractivity contribution in [3.8, 4) is 0 Å². The number of hydrogen-bond donors (Lipinski definition) is 1. The van der Waals surface area contributed by atoms with E-state index in [-0.39, 0.29) is 18.3 Å². The van der Waals surface area contributed by atoms with Gasteiger partial charge < -0.3 is 10.2 Å². The maximum absolute atomic E-state index is 12.4. The van der Waals surface area contributed by atoms with E-state index < -0.39 is 0 Å². The first-order valence-electron chi connectivity index (χ1n) is 6.99. The van der Waals surface area contributed by atoms with Crippen LogP contribution in [0.3, 0.4) is 0 Å². The first kappa shape index (κ1) is 16.0. The third-order valence-corrected chi connectivity index (χ3v) is 4.79. The smallest absolute Gasteiger partial charge is 0.227 e.